The zero-order valence-electron chi connectivity index (χ0n) is 16.0. The fraction of sp³-hybridized carbons (Fsp3) is 0.263. The summed E-state index contributed by atoms with van der Waals surface area (Å²) >= 11 is 0.907. The predicted octanol–water partition coefficient (Wildman–Crippen LogP) is 2.53. The molecule has 2 N–H and O–H groups in total. The van der Waals surface area contributed by atoms with E-state index in [1.807, 2.05) is 0 Å². The van der Waals surface area contributed by atoms with Crippen LogP contribution < -0.4 is 10.6 Å². The van der Waals surface area contributed by atoms with E-state index in [0.29, 0.717) is 5.56 Å². The van der Waals surface area contributed by atoms with E-state index in [2.05, 4.69) is 10.6 Å². The minimum atomic E-state index is -0.806. The lowest BCUT2D eigenvalue weighted by molar-refractivity contribution is -0.119. The van der Waals surface area contributed by atoms with Gasteiger partial charge in [0, 0.05) is 7.05 Å². The lowest BCUT2D eigenvalue weighted by Gasteiger charge is -2.08. The second kappa shape index (κ2) is 9.78. The molecular formula is C19H19FN2O6S. The number of rotatable bonds is 7. The van der Waals surface area contributed by atoms with Gasteiger partial charge >= 0.3 is 11.9 Å². The standard InChI is InChI=1S/C19H19FN2O6S/c1-4-27-19(26)14-10(2)15(16(24)21-3)29-17(14)22-13(23)9-28-18(25)11-5-7-12(20)8-6-11/h5-8H,4,9H2,1-3H3,(H,21,24)(H,22,23). The minimum absolute atomic E-state index is 0.0636. The van der Waals surface area contributed by atoms with Gasteiger partial charge in [-0.3, -0.25) is 9.59 Å². The Morgan fingerprint density at radius 2 is 1.72 bits per heavy atom. The molecule has 0 fully saturated rings. The quantitative estimate of drug-likeness (QED) is 0.664. The lowest BCUT2D eigenvalue weighted by atomic mass is 10.1. The molecule has 0 atom stereocenters. The van der Waals surface area contributed by atoms with Crippen LogP contribution in [0, 0.1) is 12.7 Å². The van der Waals surface area contributed by atoms with E-state index in [4.69, 9.17) is 9.47 Å². The van der Waals surface area contributed by atoms with E-state index >= 15 is 0 Å². The summed E-state index contributed by atoms with van der Waals surface area (Å²) in [6, 6.07) is 4.65. The second-order valence-corrected chi connectivity index (χ2v) is 6.71. The number of halogens is 1. The normalized spacial score (nSPS) is 10.2. The summed E-state index contributed by atoms with van der Waals surface area (Å²) in [5.41, 5.74) is 0.514. The number of amides is 2. The van der Waals surface area contributed by atoms with Gasteiger partial charge in [-0.15, -0.1) is 11.3 Å². The zero-order chi connectivity index (χ0) is 21.6. The molecule has 2 rings (SSSR count). The highest BCUT2D eigenvalue weighted by atomic mass is 32.1. The van der Waals surface area contributed by atoms with Crippen molar-refractivity contribution in [2.24, 2.45) is 0 Å². The molecule has 1 heterocycles. The van der Waals surface area contributed by atoms with Crippen molar-refractivity contribution in [2.75, 3.05) is 25.6 Å². The Labute approximate surface area is 170 Å². The molecule has 0 aliphatic rings. The first kappa shape index (κ1) is 22.0. The monoisotopic (exact) mass is 422 g/mol. The number of ether oxygens (including phenoxy) is 2. The molecule has 2 amide bonds. The van der Waals surface area contributed by atoms with E-state index in [9.17, 15) is 23.6 Å². The Morgan fingerprint density at radius 1 is 1.07 bits per heavy atom. The number of esters is 2. The van der Waals surface area contributed by atoms with Crippen molar-refractivity contribution in [3.8, 4) is 0 Å². The third-order valence-corrected chi connectivity index (χ3v) is 4.93. The number of hydrogen-bond acceptors (Lipinski definition) is 7. The summed E-state index contributed by atoms with van der Waals surface area (Å²) in [5.74, 6) is -3.13. The van der Waals surface area contributed by atoms with Crippen LogP contribution in [-0.4, -0.2) is 44.0 Å². The molecule has 0 unspecified atom stereocenters. The SMILES string of the molecule is CCOC(=O)c1c(NC(=O)COC(=O)c2ccc(F)cc2)sc(C(=O)NC)c1C. The molecule has 0 spiro atoms. The number of thiophene rings is 1. The molecule has 10 heteroatoms. The first-order valence-corrected chi connectivity index (χ1v) is 9.35. The molecule has 2 aromatic rings. The van der Waals surface area contributed by atoms with Gasteiger partial charge in [-0.25, -0.2) is 14.0 Å². The fourth-order valence-corrected chi connectivity index (χ4v) is 3.50. The maximum atomic E-state index is 12.9. The van der Waals surface area contributed by atoms with Gasteiger partial charge in [-0.2, -0.15) is 0 Å². The van der Waals surface area contributed by atoms with E-state index < -0.39 is 36.2 Å². The van der Waals surface area contributed by atoms with E-state index in [-0.39, 0.29) is 27.6 Å². The largest absolute Gasteiger partial charge is 0.462 e. The summed E-state index contributed by atoms with van der Waals surface area (Å²) in [4.78, 5) is 48.6. The van der Waals surface area contributed by atoms with Crippen molar-refractivity contribution < 1.29 is 33.0 Å². The summed E-state index contributed by atoms with van der Waals surface area (Å²) in [5, 5.41) is 5.04. The van der Waals surface area contributed by atoms with Crippen LogP contribution in [0.25, 0.3) is 0 Å². The lowest BCUT2D eigenvalue weighted by Crippen LogP contribution is -2.21. The van der Waals surface area contributed by atoms with Crippen molar-refractivity contribution in [3.05, 3.63) is 51.7 Å². The van der Waals surface area contributed by atoms with Crippen LogP contribution in [0.5, 0.6) is 0 Å². The number of carbonyl (C=O) groups excluding carboxylic acids is 4. The number of benzene rings is 1. The van der Waals surface area contributed by atoms with Crippen LogP contribution in [0.4, 0.5) is 9.39 Å². The molecule has 8 nitrogen and oxygen atoms in total. The highest BCUT2D eigenvalue weighted by Gasteiger charge is 2.26. The van der Waals surface area contributed by atoms with Crippen LogP contribution in [0.3, 0.4) is 0 Å². The maximum absolute atomic E-state index is 12.9. The number of hydrogen-bond donors (Lipinski definition) is 2. The second-order valence-electron chi connectivity index (χ2n) is 5.69. The Morgan fingerprint density at radius 3 is 2.31 bits per heavy atom. The van der Waals surface area contributed by atoms with Crippen molar-refractivity contribution in [1.82, 2.24) is 5.32 Å². The van der Waals surface area contributed by atoms with Crippen LogP contribution in [0.1, 0.15) is 42.9 Å². The van der Waals surface area contributed by atoms with Gasteiger partial charge in [-0.05, 0) is 43.7 Å². The Kier molecular flexibility index (Phi) is 7.43. The van der Waals surface area contributed by atoms with Crippen molar-refractivity contribution in [3.63, 3.8) is 0 Å². The summed E-state index contributed by atoms with van der Waals surface area (Å²) in [6.45, 7) is 2.68. The molecule has 29 heavy (non-hydrogen) atoms. The third kappa shape index (κ3) is 5.38. The molecule has 0 aliphatic carbocycles. The molecule has 0 radical (unpaired) electrons. The van der Waals surface area contributed by atoms with Crippen molar-refractivity contribution in [1.29, 1.82) is 0 Å². The van der Waals surface area contributed by atoms with E-state index in [1.165, 1.54) is 19.2 Å². The van der Waals surface area contributed by atoms with Crippen LogP contribution >= 0.6 is 11.3 Å². The molecule has 0 bridgehead atoms. The third-order valence-electron chi connectivity index (χ3n) is 3.73. The molecule has 154 valence electrons. The molecular weight excluding hydrogens is 403 g/mol. The molecule has 1 aromatic heterocycles. The maximum Gasteiger partial charge on any atom is 0.341 e. The Bertz CT molecular complexity index is 939. The molecule has 1 aromatic carbocycles. The van der Waals surface area contributed by atoms with Crippen molar-refractivity contribution >= 4 is 40.1 Å². The van der Waals surface area contributed by atoms with E-state index in [0.717, 1.165) is 23.5 Å². The minimum Gasteiger partial charge on any atom is -0.462 e. The summed E-state index contributed by atoms with van der Waals surface area (Å²) in [7, 11) is 1.44. The van der Waals surface area contributed by atoms with Gasteiger partial charge in [0.2, 0.25) is 0 Å². The number of anilines is 1. The van der Waals surface area contributed by atoms with Gasteiger partial charge in [-0.1, -0.05) is 0 Å². The number of nitrogens with one attached hydrogen (secondary N) is 2. The molecule has 0 saturated heterocycles. The van der Waals surface area contributed by atoms with Crippen LogP contribution in [-0.2, 0) is 14.3 Å². The highest BCUT2D eigenvalue weighted by Crippen LogP contribution is 2.33. The van der Waals surface area contributed by atoms with Crippen LogP contribution in [0.2, 0.25) is 0 Å². The highest BCUT2D eigenvalue weighted by molar-refractivity contribution is 7.18. The first-order valence-electron chi connectivity index (χ1n) is 8.53. The first-order chi connectivity index (χ1) is 13.8. The average molecular weight is 422 g/mol. The topological polar surface area (TPSA) is 111 Å². The molecule has 0 saturated carbocycles. The summed E-state index contributed by atoms with van der Waals surface area (Å²) in [6.07, 6.45) is 0. The smallest absolute Gasteiger partial charge is 0.341 e. The van der Waals surface area contributed by atoms with Crippen LogP contribution in [0.15, 0.2) is 24.3 Å². The van der Waals surface area contributed by atoms with Gasteiger partial charge in [0.25, 0.3) is 11.8 Å². The Hall–Kier alpha value is -3.27. The Balaban J connectivity index is 2.13. The predicted molar refractivity (Wildman–Crippen MR) is 104 cm³/mol. The van der Waals surface area contributed by atoms with Gasteiger partial charge < -0.3 is 20.1 Å². The zero-order valence-corrected chi connectivity index (χ0v) is 16.8. The molecule has 0 aliphatic heterocycles. The fourth-order valence-electron chi connectivity index (χ4n) is 2.34. The van der Waals surface area contributed by atoms with Gasteiger partial charge in [0.05, 0.1) is 22.6 Å². The number of carbonyl (C=O) groups is 4. The van der Waals surface area contributed by atoms with Gasteiger partial charge in [0.15, 0.2) is 6.61 Å². The van der Waals surface area contributed by atoms with Crippen molar-refractivity contribution in [2.45, 2.75) is 13.8 Å². The van der Waals surface area contributed by atoms with E-state index in [1.54, 1.807) is 13.8 Å². The van der Waals surface area contributed by atoms with Gasteiger partial charge in [0.1, 0.15) is 10.8 Å². The summed E-state index contributed by atoms with van der Waals surface area (Å²) < 4.78 is 22.8. The average Bonchev–Trinajstić information content (AvgIpc) is 3.02.